The quantitative estimate of drug-likeness (QED) is 0.902. The van der Waals surface area contributed by atoms with Gasteiger partial charge in [-0.1, -0.05) is 16.4 Å². The van der Waals surface area contributed by atoms with Crippen LogP contribution >= 0.6 is 27.3 Å². The molecule has 0 amide bonds. The van der Waals surface area contributed by atoms with E-state index in [9.17, 15) is 4.39 Å². The number of benzene rings is 1. The molecule has 1 aliphatic rings. The molecule has 1 heterocycles. The summed E-state index contributed by atoms with van der Waals surface area (Å²) in [5, 5.41) is 12.6. The Hall–Kier alpha value is -1.05. The number of nitrogens with zero attached hydrogens (tertiary/aromatic N) is 2. The number of nitrogens with one attached hydrogen (secondary N) is 1. The minimum atomic E-state index is -0.363. The van der Waals surface area contributed by atoms with Crippen LogP contribution in [0.25, 0.3) is 0 Å². The fourth-order valence-corrected chi connectivity index (χ4v) is 2.42. The third-order valence-corrected chi connectivity index (χ3v) is 4.11. The average molecular weight is 344 g/mol. The van der Waals surface area contributed by atoms with Crippen LogP contribution in [0.2, 0.25) is 0 Å². The van der Waals surface area contributed by atoms with Crippen LogP contribution < -0.4 is 10.1 Å². The van der Waals surface area contributed by atoms with E-state index in [4.69, 9.17) is 4.74 Å². The lowest BCUT2D eigenvalue weighted by molar-refractivity contribution is 0.467. The highest BCUT2D eigenvalue weighted by atomic mass is 79.9. The topological polar surface area (TPSA) is 47.0 Å². The van der Waals surface area contributed by atoms with E-state index in [1.165, 1.54) is 30.2 Å². The highest BCUT2D eigenvalue weighted by molar-refractivity contribution is 9.10. The summed E-state index contributed by atoms with van der Waals surface area (Å²) in [5.41, 5.74) is 0. The molecule has 0 spiro atoms. The lowest BCUT2D eigenvalue weighted by atomic mass is 10.3. The van der Waals surface area contributed by atoms with Crippen LogP contribution in [0.1, 0.15) is 17.8 Å². The number of ether oxygens (including phenoxy) is 1. The van der Waals surface area contributed by atoms with E-state index < -0.39 is 0 Å². The van der Waals surface area contributed by atoms with Crippen molar-refractivity contribution >= 4 is 27.3 Å². The molecule has 1 aromatic carbocycles. The Morgan fingerprint density at radius 1 is 1.42 bits per heavy atom. The van der Waals surface area contributed by atoms with Crippen LogP contribution in [0.5, 0.6) is 10.9 Å². The van der Waals surface area contributed by atoms with Gasteiger partial charge in [0.05, 0.1) is 11.0 Å². The summed E-state index contributed by atoms with van der Waals surface area (Å²) >= 11 is 4.46. The Morgan fingerprint density at radius 2 is 2.26 bits per heavy atom. The fraction of sp³-hybridized carbons (Fsp3) is 0.333. The molecular formula is C12H11BrFN3OS. The maximum absolute atomic E-state index is 13.3. The summed E-state index contributed by atoms with van der Waals surface area (Å²) in [4.78, 5) is 0. The molecule has 0 bridgehead atoms. The molecular weight excluding hydrogens is 333 g/mol. The van der Waals surface area contributed by atoms with E-state index in [-0.39, 0.29) is 5.82 Å². The van der Waals surface area contributed by atoms with E-state index >= 15 is 0 Å². The first-order chi connectivity index (χ1) is 9.20. The molecule has 3 rings (SSSR count). The summed E-state index contributed by atoms with van der Waals surface area (Å²) in [7, 11) is 0. The Labute approximate surface area is 122 Å². The largest absolute Gasteiger partial charge is 0.430 e. The molecule has 100 valence electrons. The van der Waals surface area contributed by atoms with Gasteiger partial charge in [0, 0.05) is 12.1 Å². The minimum absolute atomic E-state index is 0.363. The lowest BCUT2D eigenvalue weighted by Gasteiger charge is -2.01. The zero-order valence-corrected chi connectivity index (χ0v) is 12.3. The van der Waals surface area contributed by atoms with Gasteiger partial charge in [-0.15, -0.1) is 5.10 Å². The van der Waals surface area contributed by atoms with Crippen LogP contribution in [0.4, 0.5) is 4.39 Å². The Morgan fingerprint density at radius 3 is 3.00 bits per heavy atom. The van der Waals surface area contributed by atoms with Crippen molar-refractivity contribution in [1.82, 2.24) is 15.5 Å². The second-order valence-electron chi connectivity index (χ2n) is 4.29. The fourth-order valence-electron chi connectivity index (χ4n) is 1.51. The third kappa shape index (κ3) is 3.49. The van der Waals surface area contributed by atoms with Crippen molar-refractivity contribution in [2.75, 3.05) is 0 Å². The SMILES string of the molecule is Fc1cc(Oc2nnc(CNC3CC3)s2)ccc1Br. The Kier molecular flexibility index (Phi) is 3.76. The maximum atomic E-state index is 13.3. The third-order valence-electron chi connectivity index (χ3n) is 2.66. The highest BCUT2D eigenvalue weighted by Crippen LogP contribution is 2.28. The van der Waals surface area contributed by atoms with Crippen LogP contribution in [-0.4, -0.2) is 16.2 Å². The molecule has 0 unspecified atom stereocenters. The first kappa shape index (κ1) is 13.0. The number of halogens is 2. The van der Waals surface area contributed by atoms with Crippen LogP contribution in [-0.2, 0) is 6.54 Å². The van der Waals surface area contributed by atoms with Gasteiger partial charge in [-0.05, 0) is 40.9 Å². The van der Waals surface area contributed by atoms with Crippen molar-refractivity contribution in [2.45, 2.75) is 25.4 Å². The van der Waals surface area contributed by atoms with Crippen molar-refractivity contribution in [3.05, 3.63) is 33.5 Å². The zero-order chi connectivity index (χ0) is 13.2. The summed E-state index contributed by atoms with van der Waals surface area (Å²) < 4.78 is 19.2. The molecule has 1 saturated carbocycles. The normalized spacial score (nSPS) is 14.6. The highest BCUT2D eigenvalue weighted by Gasteiger charge is 2.20. The van der Waals surface area contributed by atoms with Crippen molar-refractivity contribution in [1.29, 1.82) is 0 Å². The number of aromatic nitrogens is 2. The Bertz CT molecular complexity index is 588. The summed E-state index contributed by atoms with van der Waals surface area (Å²) in [6.07, 6.45) is 2.47. The molecule has 19 heavy (non-hydrogen) atoms. The average Bonchev–Trinajstić information content (AvgIpc) is 3.12. The van der Waals surface area contributed by atoms with E-state index in [1.54, 1.807) is 12.1 Å². The predicted molar refractivity (Wildman–Crippen MR) is 73.9 cm³/mol. The molecule has 2 aromatic rings. The molecule has 0 radical (unpaired) electrons. The standard InChI is InChI=1S/C12H11BrFN3OS/c13-9-4-3-8(5-10(9)14)18-12-17-16-11(19-12)6-15-7-1-2-7/h3-5,7,15H,1-2,6H2. The van der Waals surface area contributed by atoms with Crippen LogP contribution in [0, 0.1) is 5.82 Å². The van der Waals surface area contributed by atoms with E-state index in [0.29, 0.717) is 28.0 Å². The van der Waals surface area contributed by atoms with Gasteiger partial charge in [0.1, 0.15) is 16.6 Å². The van der Waals surface area contributed by atoms with E-state index in [2.05, 4.69) is 31.4 Å². The molecule has 1 aliphatic carbocycles. The smallest absolute Gasteiger partial charge is 0.299 e. The van der Waals surface area contributed by atoms with Crippen molar-refractivity contribution in [3.8, 4) is 10.9 Å². The van der Waals surface area contributed by atoms with Gasteiger partial charge in [-0.3, -0.25) is 0 Å². The second-order valence-corrected chi connectivity index (χ2v) is 6.17. The number of hydrogen-bond donors (Lipinski definition) is 1. The molecule has 4 nitrogen and oxygen atoms in total. The predicted octanol–water partition coefficient (Wildman–Crippen LogP) is 3.48. The van der Waals surface area contributed by atoms with Gasteiger partial charge < -0.3 is 10.1 Å². The molecule has 1 aromatic heterocycles. The summed E-state index contributed by atoms with van der Waals surface area (Å²) in [6, 6.07) is 5.22. The first-order valence-corrected chi connectivity index (χ1v) is 7.50. The monoisotopic (exact) mass is 343 g/mol. The van der Waals surface area contributed by atoms with E-state index in [0.717, 1.165) is 5.01 Å². The number of hydrogen-bond acceptors (Lipinski definition) is 5. The van der Waals surface area contributed by atoms with Crippen molar-refractivity contribution < 1.29 is 9.13 Å². The van der Waals surface area contributed by atoms with Crippen molar-refractivity contribution in [3.63, 3.8) is 0 Å². The summed E-state index contributed by atoms with van der Waals surface area (Å²) in [5.74, 6) is 0.0520. The van der Waals surface area contributed by atoms with Gasteiger partial charge >= 0.3 is 0 Å². The first-order valence-electron chi connectivity index (χ1n) is 5.89. The van der Waals surface area contributed by atoms with Gasteiger partial charge in [-0.25, -0.2) is 4.39 Å². The molecule has 0 saturated heterocycles. The van der Waals surface area contributed by atoms with Crippen molar-refractivity contribution in [2.24, 2.45) is 0 Å². The van der Waals surface area contributed by atoms with Gasteiger partial charge in [0.15, 0.2) is 0 Å². The molecule has 0 atom stereocenters. The van der Waals surface area contributed by atoms with Crippen LogP contribution in [0.3, 0.4) is 0 Å². The lowest BCUT2D eigenvalue weighted by Crippen LogP contribution is -2.14. The van der Waals surface area contributed by atoms with E-state index in [1.807, 2.05) is 0 Å². The molecule has 1 fully saturated rings. The molecule has 0 aliphatic heterocycles. The second kappa shape index (κ2) is 5.52. The van der Waals surface area contributed by atoms with Crippen LogP contribution in [0.15, 0.2) is 22.7 Å². The van der Waals surface area contributed by atoms with Gasteiger partial charge in [-0.2, -0.15) is 0 Å². The minimum Gasteiger partial charge on any atom is -0.430 e. The maximum Gasteiger partial charge on any atom is 0.299 e. The van der Waals surface area contributed by atoms with Gasteiger partial charge in [0.2, 0.25) is 0 Å². The summed E-state index contributed by atoms with van der Waals surface area (Å²) in [6.45, 7) is 0.709. The Balaban J connectivity index is 1.63. The number of rotatable bonds is 5. The molecule has 7 heteroatoms. The van der Waals surface area contributed by atoms with Gasteiger partial charge in [0.25, 0.3) is 5.19 Å². The zero-order valence-electron chi connectivity index (χ0n) is 9.90. The molecule has 1 N–H and O–H groups in total.